The second-order valence-corrected chi connectivity index (χ2v) is 8.51. The van der Waals surface area contributed by atoms with Gasteiger partial charge in [0.15, 0.2) is 0 Å². The molecule has 1 fully saturated rings. The molecule has 29 heavy (non-hydrogen) atoms. The minimum absolute atomic E-state index is 0.193. The molecule has 1 aromatic heterocycles. The number of carbonyl (C=O) groups is 1. The molecule has 1 amide bonds. The number of likely N-dealkylation sites (tertiary alicyclic amines) is 1. The third-order valence-corrected chi connectivity index (χ3v) is 4.97. The molecule has 154 valence electrons. The van der Waals surface area contributed by atoms with E-state index in [1.54, 1.807) is 23.2 Å². The van der Waals surface area contributed by atoms with Crippen molar-refractivity contribution in [3.05, 3.63) is 42.0 Å². The summed E-state index contributed by atoms with van der Waals surface area (Å²) in [7, 11) is 0. The van der Waals surface area contributed by atoms with Gasteiger partial charge in [0.2, 0.25) is 0 Å². The zero-order valence-corrected chi connectivity index (χ0v) is 17.2. The maximum Gasteiger partial charge on any atom is 0.410 e. The lowest BCUT2D eigenvalue weighted by Crippen LogP contribution is -2.42. The summed E-state index contributed by atoms with van der Waals surface area (Å²) in [6, 6.07) is 6.90. The quantitative estimate of drug-likeness (QED) is 0.765. The highest BCUT2D eigenvalue weighted by atomic mass is 19.1. The van der Waals surface area contributed by atoms with Crippen molar-refractivity contribution in [3.8, 4) is 17.2 Å². The van der Waals surface area contributed by atoms with E-state index in [1.807, 2.05) is 37.7 Å². The van der Waals surface area contributed by atoms with Gasteiger partial charge in [-0.05, 0) is 51.2 Å². The molecule has 1 aliphatic heterocycles. The first-order chi connectivity index (χ1) is 13.7. The highest BCUT2D eigenvalue weighted by Crippen LogP contribution is 2.25. The van der Waals surface area contributed by atoms with E-state index in [0.717, 1.165) is 24.9 Å². The summed E-state index contributed by atoms with van der Waals surface area (Å²) < 4.78 is 21.6. The van der Waals surface area contributed by atoms with Gasteiger partial charge >= 0.3 is 6.09 Å². The van der Waals surface area contributed by atoms with E-state index in [-0.39, 0.29) is 18.3 Å². The smallest absolute Gasteiger partial charge is 0.410 e. The molecule has 0 saturated carbocycles. The topological polar surface area (TPSA) is 71.2 Å². The fraction of sp³-hybridized carbons (Fsp3) is 0.500. The van der Waals surface area contributed by atoms with Gasteiger partial charge in [-0.25, -0.2) is 9.18 Å². The van der Waals surface area contributed by atoms with Gasteiger partial charge < -0.3 is 9.64 Å². The van der Waals surface area contributed by atoms with Crippen LogP contribution in [0.15, 0.2) is 30.6 Å². The molecule has 0 atom stereocenters. The van der Waals surface area contributed by atoms with Crippen LogP contribution in [-0.2, 0) is 17.7 Å². The van der Waals surface area contributed by atoms with Gasteiger partial charge in [0, 0.05) is 37.0 Å². The number of halogens is 1. The molecule has 0 N–H and O–H groups in total. The van der Waals surface area contributed by atoms with Gasteiger partial charge in [0.25, 0.3) is 0 Å². The van der Waals surface area contributed by atoms with Gasteiger partial charge in [0.05, 0.1) is 18.7 Å². The molecule has 2 heterocycles. The Bertz CT molecular complexity index is 902. The molecule has 0 radical (unpaired) electrons. The van der Waals surface area contributed by atoms with Gasteiger partial charge in [-0.1, -0.05) is 12.1 Å². The number of piperidine rings is 1. The van der Waals surface area contributed by atoms with Gasteiger partial charge in [-0.15, -0.1) is 0 Å². The maximum absolute atomic E-state index is 14.4. The van der Waals surface area contributed by atoms with Crippen LogP contribution in [0.25, 0.3) is 11.1 Å². The van der Waals surface area contributed by atoms with Crippen molar-refractivity contribution in [2.24, 2.45) is 5.92 Å². The molecule has 3 rings (SSSR count). The molecule has 2 aromatic rings. The predicted octanol–water partition coefficient (Wildman–Crippen LogP) is 4.40. The Kier molecular flexibility index (Phi) is 6.21. The second-order valence-electron chi connectivity index (χ2n) is 8.51. The van der Waals surface area contributed by atoms with Crippen LogP contribution in [0.2, 0.25) is 0 Å². The standard InChI is InChI=1S/C22H27FN4O2/c1-22(2,3)29-21(28)26-10-7-17(8-11-26)14-27-15-18(13-25-27)19-5-4-16(6-9-24)12-20(19)23/h4-5,12-13,15,17H,6-8,10-11,14H2,1-3H3. The average molecular weight is 398 g/mol. The summed E-state index contributed by atoms with van der Waals surface area (Å²) in [4.78, 5) is 13.9. The first-order valence-corrected chi connectivity index (χ1v) is 9.91. The van der Waals surface area contributed by atoms with Crippen molar-refractivity contribution >= 4 is 6.09 Å². The number of carbonyl (C=O) groups excluding carboxylic acids is 1. The van der Waals surface area contributed by atoms with Crippen molar-refractivity contribution < 1.29 is 13.9 Å². The van der Waals surface area contributed by atoms with Gasteiger partial charge in [-0.3, -0.25) is 4.68 Å². The highest BCUT2D eigenvalue weighted by Gasteiger charge is 2.27. The monoisotopic (exact) mass is 398 g/mol. The van der Waals surface area contributed by atoms with Crippen LogP contribution in [0.4, 0.5) is 9.18 Å². The molecular weight excluding hydrogens is 371 g/mol. The number of nitriles is 1. The summed E-state index contributed by atoms with van der Waals surface area (Å²) >= 11 is 0. The van der Waals surface area contributed by atoms with Crippen molar-refractivity contribution in [1.29, 1.82) is 5.26 Å². The Morgan fingerprint density at radius 3 is 2.69 bits per heavy atom. The minimum atomic E-state index is -0.485. The van der Waals surface area contributed by atoms with E-state index in [1.165, 1.54) is 6.07 Å². The third kappa shape index (κ3) is 5.57. The normalized spacial score (nSPS) is 15.2. The number of ether oxygens (including phenoxy) is 1. The van der Waals surface area contributed by atoms with Crippen molar-refractivity contribution in [1.82, 2.24) is 14.7 Å². The number of aromatic nitrogens is 2. The first kappa shape index (κ1) is 20.8. The summed E-state index contributed by atoms with van der Waals surface area (Å²) in [6.45, 7) is 7.67. The molecule has 0 bridgehead atoms. The Labute approximate surface area is 170 Å². The first-order valence-electron chi connectivity index (χ1n) is 9.91. The van der Waals surface area contributed by atoms with E-state index in [2.05, 4.69) is 5.10 Å². The number of nitrogens with zero attached hydrogens (tertiary/aromatic N) is 4. The van der Waals surface area contributed by atoms with Gasteiger partial charge in [-0.2, -0.15) is 10.4 Å². The average Bonchev–Trinajstić information content (AvgIpc) is 3.09. The van der Waals surface area contributed by atoms with E-state index in [9.17, 15) is 9.18 Å². The Hall–Kier alpha value is -2.88. The van der Waals surface area contributed by atoms with E-state index in [4.69, 9.17) is 10.00 Å². The summed E-state index contributed by atoms with van der Waals surface area (Å²) in [5.74, 6) is 0.0623. The lowest BCUT2D eigenvalue weighted by atomic mass is 9.97. The molecule has 0 aliphatic carbocycles. The van der Waals surface area contributed by atoms with Crippen LogP contribution >= 0.6 is 0 Å². The molecule has 1 aromatic carbocycles. The van der Waals surface area contributed by atoms with E-state index < -0.39 is 5.60 Å². The highest BCUT2D eigenvalue weighted by molar-refractivity contribution is 5.68. The SMILES string of the molecule is CC(C)(C)OC(=O)N1CCC(Cn2cc(-c3ccc(CC#N)cc3F)cn2)CC1. The largest absolute Gasteiger partial charge is 0.444 e. The van der Waals surface area contributed by atoms with Gasteiger partial charge in [0.1, 0.15) is 11.4 Å². The van der Waals surface area contributed by atoms with Crippen molar-refractivity contribution in [2.45, 2.75) is 52.2 Å². The fourth-order valence-corrected chi connectivity index (χ4v) is 3.49. The van der Waals surface area contributed by atoms with Crippen LogP contribution in [0.1, 0.15) is 39.2 Å². The Morgan fingerprint density at radius 1 is 1.34 bits per heavy atom. The molecule has 0 unspecified atom stereocenters. The zero-order chi connectivity index (χ0) is 21.0. The lowest BCUT2D eigenvalue weighted by molar-refractivity contribution is 0.0177. The zero-order valence-electron chi connectivity index (χ0n) is 17.2. The maximum atomic E-state index is 14.4. The number of rotatable bonds is 4. The summed E-state index contributed by atoms with van der Waals surface area (Å²) in [5, 5.41) is 13.1. The van der Waals surface area contributed by atoms with E-state index in [0.29, 0.717) is 30.1 Å². The van der Waals surface area contributed by atoms with Crippen LogP contribution in [0.3, 0.4) is 0 Å². The van der Waals surface area contributed by atoms with Crippen molar-refractivity contribution in [3.63, 3.8) is 0 Å². The predicted molar refractivity (Wildman–Crippen MR) is 107 cm³/mol. The second kappa shape index (κ2) is 8.64. The molecule has 1 saturated heterocycles. The lowest BCUT2D eigenvalue weighted by Gasteiger charge is -2.33. The molecule has 1 aliphatic rings. The Balaban J connectivity index is 1.56. The molecule has 7 heteroatoms. The van der Waals surface area contributed by atoms with Crippen LogP contribution in [-0.4, -0.2) is 39.5 Å². The Morgan fingerprint density at radius 2 is 2.07 bits per heavy atom. The van der Waals surface area contributed by atoms with Crippen LogP contribution in [0, 0.1) is 23.1 Å². The summed E-state index contributed by atoms with van der Waals surface area (Å²) in [5.41, 5.74) is 1.38. The van der Waals surface area contributed by atoms with E-state index >= 15 is 0 Å². The molecular formula is C22H27FN4O2. The summed E-state index contributed by atoms with van der Waals surface area (Å²) in [6.07, 6.45) is 5.21. The number of hydrogen-bond acceptors (Lipinski definition) is 4. The third-order valence-electron chi connectivity index (χ3n) is 4.97. The number of hydrogen-bond donors (Lipinski definition) is 0. The number of benzene rings is 1. The van der Waals surface area contributed by atoms with Crippen molar-refractivity contribution in [2.75, 3.05) is 13.1 Å². The van der Waals surface area contributed by atoms with Crippen LogP contribution < -0.4 is 0 Å². The number of amides is 1. The molecule has 0 spiro atoms. The fourth-order valence-electron chi connectivity index (χ4n) is 3.49. The molecule has 6 nitrogen and oxygen atoms in total. The minimum Gasteiger partial charge on any atom is -0.444 e. The van der Waals surface area contributed by atoms with Crippen LogP contribution in [0.5, 0.6) is 0 Å².